The smallest absolute Gasteiger partial charge is 0.422 e. The zero-order valence-electron chi connectivity index (χ0n) is 7.89. The van der Waals surface area contributed by atoms with E-state index in [0.29, 0.717) is 0 Å². The summed E-state index contributed by atoms with van der Waals surface area (Å²) in [4.78, 5) is 17.9. The summed E-state index contributed by atoms with van der Waals surface area (Å²) in [7, 11) is 0. The van der Waals surface area contributed by atoms with Gasteiger partial charge < -0.3 is 4.74 Å². The molecular weight excluding hydrogens is 286 g/mol. The standard InChI is InChI=1S/C7H4Cl2F3N3O2/c8-4-3(5(9)14-2-13-4)15-6(16)17-1-7(10,11)12/h2H,1H2,(H,15,16). The highest BCUT2D eigenvalue weighted by molar-refractivity contribution is 6.38. The van der Waals surface area contributed by atoms with Gasteiger partial charge in [-0.05, 0) is 0 Å². The summed E-state index contributed by atoms with van der Waals surface area (Å²) in [6, 6.07) is 0. The zero-order chi connectivity index (χ0) is 13.1. The lowest BCUT2D eigenvalue weighted by atomic mass is 10.5. The maximum Gasteiger partial charge on any atom is 0.422 e. The molecule has 0 aromatic carbocycles. The fraction of sp³-hybridized carbons (Fsp3) is 0.286. The van der Waals surface area contributed by atoms with E-state index in [2.05, 4.69) is 14.7 Å². The van der Waals surface area contributed by atoms with Gasteiger partial charge in [-0.1, -0.05) is 23.2 Å². The molecule has 94 valence electrons. The quantitative estimate of drug-likeness (QED) is 0.850. The van der Waals surface area contributed by atoms with Crippen LogP contribution in [0.4, 0.5) is 23.7 Å². The third-order valence-electron chi connectivity index (χ3n) is 1.35. The number of hydrogen-bond donors (Lipinski definition) is 1. The van der Waals surface area contributed by atoms with Gasteiger partial charge in [0.25, 0.3) is 0 Å². The largest absolute Gasteiger partial charge is 0.440 e. The Labute approximate surface area is 103 Å². The molecule has 0 bridgehead atoms. The first-order chi connectivity index (χ1) is 7.79. The molecule has 0 saturated heterocycles. The van der Waals surface area contributed by atoms with Crippen molar-refractivity contribution in [1.82, 2.24) is 9.97 Å². The van der Waals surface area contributed by atoms with Crippen molar-refractivity contribution in [3.63, 3.8) is 0 Å². The average Bonchev–Trinajstić information content (AvgIpc) is 2.20. The van der Waals surface area contributed by atoms with E-state index in [1.54, 1.807) is 0 Å². The molecule has 5 nitrogen and oxygen atoms in total. The van der Waals surface area contributed by atoms with Crippen LogP contribution in [0.2, 0.25) is 10.3 Å². The summed E-state index contributed by atoms with van der Waals surface area (Å²) < 4.78 is 39.1. The Morgan fingerprint density at radius 2 is 1.88 bits per heavy atom. The Morgan fingerprint density at radius 1 is 1.35 bits per heavy atom. The predicted molar refractivity (Wildman–Crippen MR) is 53.1 cm³/mol. The molecule has 0 aliphatic heterocycles. The summed E-state index contributed by atoms with van der Waals surface area (Å²) in [6.45, 7) is -1.72. The van der Waals surface area contributed by atoms with Crippen LogP contribution in [0.3, 0.4) is 0 Å². The average molecular weight is 290 g/mol. The highest BCUT2D eigenvalue weighted by atomic mass is 35.5. The fourth-order valence-electron chi connectivity index (χ4n) is 0.733. The molecule has 0 fully saturated rings. The van der Waals surface area contributed by atoms with Crippen LogP contribution in [0.1, 0.15) is 0 Å². The van der Waals surface area contributed by atoms with Crippen LogP contribution >= 0.6 is 23.2 Å². The van der Waals surface area contributed by atoms with Crippen molar-refractivity contribution in [2.75, 3.05) is 11.9 Å². The molecule has 0 unspecified atom stereocenters. The number of rotatable bonds is 2. The maximum atomic E-state index is 11.7. The van der Waals surface area contributed by atoms with Crippen LogP contribution in [0.5, 0.6) is 0 Å². The Kier molecular flexibility index (Phi) is 4.35. The number of ether oxygens (including phenoxy) is 1. The molecule has 1 rings (SSSR count). The minimum absolute atomic E-state index is 0.214. The molecule has 0 aliphatic carbocycles. The van der Waals surface area contributed by atoms with Crippen molar-refractivity contribution in [3.8, 4) is 0 Å². The summed E-state index contributed by atoms with van der Waals surface area (Å²) in [5.74, 6) is 0. The van der Waals surface area contributed by atoms with E-state index in [0.717, 1.165) is 6.33 Å². The SMILES string of the molecule is O=C(Nc1c(Cl)ncnc1Cl)OCC(F)(F)F. The zero-order valence-corrected chi connectivity index (χ0v) is 9.40. The van der Waals surface area contributed by atoms with Gasteiger partial charge in [-0.3, -0.25) is 5.32 Å². The maximum absolute atomic E-state index is 11.7. The molecule has 0 spiro atoms. The van der Waals surface area contributed by atoms with Gasteiger partial charge in [-0.25, -0.2) is 14.8 Å². The third-order valence-corrected chi connectivity index (χ3v) is 1.92. The fourth-order valence-corrected chi connectivity index (χ4v) is 1.14. The van der Waals surface area contributed by atoms with Crippen LogP contribution in [0, 0.1) is 0 Å². The van der Waals surface area contributed by atoms with Crippen molar-refractivity contribution >= 4 is 35.0 Å². The lowest BCUT2D eigenvalue weighted by Gasteiger charge is -2.10. The van der Waals surface area contributed by atoms with Gasteiger partial charge in [0, 0.05) is 0 Å². The summed E-state index contributed by atoms with van der Waals surface area (Å²) in [5, 5.41) is 1.47. The van der Waals surface area contributed by atoms with Gasteiger partial charge in [0.1, 0.15) is 12.0 Å². The lowest BCUT2D eigenvalue weighted by Crippen LogP contribution is -2.23. The minimum atomic E-state index is -4.61. The van der Waals surface area contributed by atoms with E-state index in [4.69, 9.17) is 23.2 Å². The molecule has 1 aromatic heterocycles. The van der Waals surface area contributed by atoms with E-state index < -0.39 is 18.9 Å². The molecule has 10 heteroatoms. The summed E-state index contributed by atoms with van der Waals surface area (Å²) in [5.41, 5.74) is -0.219. The van der Waals surface area contributed by atoms with E-state index in [9.17, 15) is 18.0 Å². The van der Waals surface area contributed by atoms with Gasteiger partial charge in [0.15, 0.2) is 16.9 Å². The first-order valence-corrected chi connectivity index (χ1v) is 4.71. The summed E-state index contributed by atoms with van der Waals surface area (Å²) >= 11 is 11.1. The number of halogens is 5. The Hall–Kier alpha value is -1.28. The predicted octanol–water partition coefficient (Wildman–Crippen LogP) is 2.89. The van der Waals surface area contributed by atoms with Gasteiger partial charge in [0.05, 0.1) is 0 Å². The Balaban J connectivity index is 2.63. The van der Waals surface area contributed by atoms with E-state index in [1.807, 2.05) is 5.32 Å². The Morgan fingerprint density at radius 3 is 2.35 bits per heavy atom. The van der Waals surface area contributed by atoms with E-state index in [1.165, 1.54) is 0 Å². The van der Waals surface area contributed by atoms with Gasteiger partial charge in [-0.15, -0.1) is 0 Å². The van der Waals surface area contributed by atoms with Gasteiger partial charge in [-0.2, -0.15) is 13.2 Å². The van der Waals surface area contributed by atoms with Gasteiger partial charge >= 0.3 is 12.3 Å². The van der Waals surface area contributed by atoms with Crippen LogP contribution in [0.25, 0.3) is 0 Å². The number of aromatic nitrogens is 2. The second-order valence-electron chi connectivity index (χ2n) is 2.65. The minimum Gasteiger partial charge on any atom is -0.440 e. The second-order valence-corrected chi connectivity index (χ2v) is 3.36. The molecule has 0 aliphatic rings. The topological polar surface area (TPSA) is 64.1 Å². The lowest BCUT2D eigenvalue weighted by molar-refractivity contribution is -0.159. The normalized spacial score (nSPS) is 11.1. The molecule has 1 amide bonds. The first kappa shape index (κ1) is 13.8. The van der Waals surface area contributed by atoms with Crippen LogP contribution < -0.4 is 5.32 Å². The molecule has 1 heterocycles. The number of nitrogens with zero attached hydrogens (tertiary/aromatic N) is 2. The summed E-state index contributed by atoms with van der Waals surface area (Å²) in [6.07, 6.45) is -4.95. The monoisotopic (exact) mass is 289 g/mol. The Bertz CT molecular complexity index is 407. The van der Waals surface area contributed by atoms with Crippen LogP contribution in [-0.2, 0) is 4.74 Å². The number of carbonyl (C=O) groups is 1. The number of hydrogen-bond acceptors (Lipinski definition) is 4. The molecule has 0 saturated carbocycles. The van der Waals surface area contributed by atoms with E-state index >= 15 is 0 Å². The van der Waals surface area contributed by atoms with Crippen LogP contribution in [-0.4, -0.2) is 28.8 Å². The molecular formula is C7H4Cl2F3N3O2. The molecule has 0 radical (unpaired) electrons. The van der Waals surface area contributed by atoms with Crippen molar-refractivity contribution in [3.05, 3.63) is 16.6 Å². The third kappa shape index (κ3) is 4.61. The molecule has 0 atom stereocenters. The van der Waals surface area contributed by atoms with Crippen molar-refractivity contribution in [1.29, 1.82) is 0 Å². The van der Waals surface area contributed by atoms with Crippen LogP contribution in [0.15, 0.2) is 6.33 Å². The number of nitrogens with one attached hydrogen (secondary N) is 1. The van der Waals surface area contributed by atoms with Crippen molar-refractivity contribution < 1.29 is 22.7 Å². The van der Waals surface area contributed by atoms with Crippen molar-refractivity contribution in [2.45, 2.75) is 6.18 Å². The highest BCUT2D eigenvalue weighted by Crippen LogP contribution is 2.25. The molecule has 1 aromatic rings. The number of anilines is 1. The van der Waals surface area contributed by atoms with Gasteiger partial charge in [0.2, 0.25) is 0 Å². The van der Waals surface area contributed by atoms with E-state index in [-0.39, 0.29) is 16.0 Å². The second kappa shape index (κ2) is 5.37. The number of carbonyl (C=O) groups excluding carboxylic acids is 1. The van der Waals surface area contributed by atoms with Crippen molar-refractivity contribution in [2.24, 2.45) is 0 Å². The number of amides is 1. The molecule has 17 heavy (non-hydrogen) atoms. The highest BCUT2D eigenvalue weighted by Gasteiger charge is 2.29. The molecule has 1 N–H and O–H groups in total. The number of alkyl halides is 3. The first-order valence-electron chi connectivity index (χ1n) is 3.96.